The average molecular weight is 464 g/mol. The van der Waals surface area contributed by atoms with Crippen LogP contribution in [0.4, 0.5) is 8.78 Å². The highest BCUT2D eigenvalue weighted by Gasteiger charge is 2.35. The van der Waals surface area contributed by atoms with Crippen LogP contribution in [0, 0.1) is 6.92 Å². The zero-order valence-corrected chi connectivity index (χ0v) is 18.4. The number of aliphatic hydroxyl groups is 1. The highest BCUT2D eigenvalue weighted by Crippen LogP contribution is 2.33. The predicted molar refractivity (Wildman–Crippen MR) is 113 cm³/mol. The van der Waals surface area contributed by atoms with Crippen LogP contribution in [0.15, 0.2) is 24.5 Å². The van der Waals surface area contributed by atoms with Crippen molar-refractivity contribution in [1.82, 2.24) is 20.2 Å². The van der Waals surface area contributed by atoms with Gasteiger partial charge in [0, 0.05) is 42.2 Å². The number of hydrogen-bond acceptors (Lipinski definition) is 7. The summed E-state index contributed by atoms with van der Waals surface area (Å²) >= 11 is 0. The van der Waals surface area contributed by atoms with Crippen molar-refractivity contribution in [3.8, 4) is 5.88 Å². The maximum absolute atomic E-state index is 13.0. The first-order valence-corrected chi connectivity index (χ1v) is 10.5. The minimum Gasteiger partial charge on any atom is -0.471 e. The Kier molecular flexibility index (Phi) is 8.23. The van der Waals surface area contributed by atoms with Crippen LogP contribution in [0.5, 0.6) is 5.88 Å². The Balaban J connectivity index is 1.71. The molecule has 0 saturated heterocycles. The molecule has 1 aliphatic heterocycles. The lowest BCUT2D eigenvalue weighted by Crippen LogP contribution is -2.29. The first-order chi connectivity index (χ1) is 15.8. The van der Waals surface area contributed by atoms with E-state index in [9.17, 15) is 18.4 Å². The molecule has 0 spiro atoms. The van der Waals surface area contributed by atoms with Gasteiger partial charge in [-0.05, 0) is 31.5 Å². The highest BCUT2D eigenvalue weighted by atomic mass is 19.3. The van der Waals surface area contributed by atoms with Crippen LogP contribution in [0.1, 0.15) is 50.5 Å². The Morgan fingerprint density at radius 1 is 1.33 bits per heavy atom. The quantitative estimate of drug-likeness (QED) is 0.488. The number of nitrogens with zero attached hydrogens (tertiary/aromatic N) is 3. The lowest BCUT2D eigenvalue weighted by atomic mass is 10.1. The first kappa shape index (κ1) is 24.5. The molecule has 33 heavy (non-hydrogen) atoms. The second kappa shape index (κ2) is 11.1. The molecule has 0 saturated carbocycles. The van der Waals surface area contributed by atoms with Gasteiger partial charge < -0.3 is 24.8 Å². The third kappa shape index (κ3) is 5.79. The first-order valence-electron chi connectivity index (χ1n) is 10.5. The van der Waals surface area contributed by atoms with E-state index < -0.39 is 18.9 Å². The van der Waals surface area contributed by atoms with Gasteiger partial charge in [0.25, 0.3) is 18.2 Å². The molecule has 2 N–H and O–H groups in total. The molecule has 0 fully saturated rings. The van der Waals surface area contributed by atoms with Crippen molar-refractivity contribution in [3.63, 3.8) is 0 Å². The fraction of sp³-hybridized carbons (Fsp3) is 0.455. The van der Waals surface area contributed by atoms with Crippen molar-refractivity contribution in [2.45, 2.75) is 32.9 Å². The maximum atomic E-state index is 13.0. The Hall–Kier alpha value is -3.18. The molecule has 0 aliphatic carbocycles. The van der Waals surface area contributed by atoms with E-state index in [0.29, 0.717) is 22.3 Å². The summed E-state index contributed by atoms with van der Waals surface area (Å²) in [5, 5.41) is 11.4. The van der Waals surface area contributed by atoms with E-state index in [1.807, 2.05) is 6.92 Å². The Morgan fingerprint density at radius 3 is 2.82 bits per heavy atom. The standard InChI is InChI=1S/C22H26F2N4O5/c1-13-9-15(10-27-21(13)33-12-18(23)24)14(2)28-11-17-16(22(28)31)3-4-25-19(17)20(30)26-5-7-32-8-6-29/h3-4,9-10,14,18,29H,5-8,11-12H2,1-2H3,(H,26,30). The van der Waals surface area contributed by atoms with E-state index in [4.69, 9.17) is 14.6 Å². The zero-order chi connectivity index (χ0) is 24.0. The van der Waals surface area contributed by atoms with Gasteiger partial charge >= 0.3 is 0 Å². The average Bonchev–Trinajstić information content (AvgIpc) is 3.14. The number of rotatable bonds is 11. The topological polar surface area (TPSA) is 114 Å². The normalized spacial score (nSPS) is 13.9. The summed E-state index contributed by atoms with van der Waals surface area (Å²) in [4.78, 5) is 35.5. The summed E-state index contributed by atoms with van der Waals surface area (Å²) < 4.78 is 34.9. The van der Waals surface area contributed by atoms with Gasteiger partial charge in [0.15, 0.2) is 6.61 Å². The number of amides is 2. The molecule has 3 rings (SSSR count). The summed E-state index contributed by atoms with van der Waals surface area (Å²) in [5.74, 6) is -0.538. The molecule has 9 nitrogen and oxygen atoms in total. The molecule has 1 aliphatic rings. The molecule has 2 aromatic heterocycles. The number of carbonyl (C=O) groups excluding carboxylic acids is 2. The maximum Gasteiger partial charge on any atom is 0.272 e. The smallest absolute Gasteiger partial charge is 0.272 e. The summed E-state index contributed by atoms with van der Waals surface area (Å²) in [6, 6.07) is 2.94. The fourth-order valence-electron chi connectivity index (χ4n) is 3.53. The second-order valence-corrected chi connectivity index (χ2v) is 7.48. The van der Waals surface area contributed by atoms with Gasteiger partial charge in [0.1, 0.15) is 5.69 Å². The van der Waals surface area contributed by atoms with Gasteiger partial charge in [-0.25, -0.2) is 13.8 Å². The van der Waals surface area contributed by atoms with E-state index in [-0.39, 0.29) is 56.4 Å². The van der Waals surface area contributed by atoms with Gasteiger partial charge in [0.05, 0.1) is 25.9 Å². The lowest BCUT2D eigenvalue weighted by Gasteiger charge is -2.25. The van der Waals surface area contributed by atoms with Crippen molar-refractivity contribution < 1.29 is 33.0 Å². The summed E-state index contributed by atoms with van der Waals surface area (Å²) in [6.07, 6.45) is 0.314. The third-order valence-corrected chi connectivity index (χ3v) is 5.21. The van der Waals surface area contributed by atoms with E-state index in [1.54, 1.807) is 24.0 Å². The van der Waals surface area contributed by atoms with E-state index >= 15 is 0 Å². The number of hydrogen-bond donors (Lipinski definition) is 2. The molecule has 2 amide bonds. The SMILES string of the molecule is Cc1cc(C(C)N2Cc3c(ccnc3C(=O)NCCOCCO)C2=O)cnc1OCC(F)F. The van der Waals surface area contributed by atoms with Gasteiger partial charge in [-0.3, -0.25) is 14.6 Å². The van der Waals surface area contributed by atoms with Crippen LogP contribution in [0.3, 0.4) is 0 Å². The number of aromatic nitrogens is 2. The Labute approximate surface area is 189 Å². The molecule has 2 aromatic rings. The Bertz CT molecular complexity index is 1000. The van der Waals surface area contributed by atoms with Crippen molar-refractivity contribution in [1.29, 1.82) is 0 Å². The van der Waals surface area contributed by atoms with E-state index in [1.165, 1.54) is 12.4 Å². The molecule has 3 heterocycles. The lowest BCUT2D eigenvalue weighted by molar-refractivity contribution is 0.0711. The molecule has 1 atom stereocenters. The minimum absolute atomic E-state index is 0.0989. The number of aliphatic hydroxyl groups excluding tert-OH is 1. The largest absolute Gasteiger partial charge is 0.471 e. The summed E-state index contributed by atoms with van der Waals surface area (Å²) in [7, 11) is 0. The molecular formula is C22H26F2N4O5. The molecule has 0 radical (unpaired) electrons. The number of fused-ring (bicyclic) bond motifs is 1. The monoisotopic (exact) mass is 464 g/mol. The third-order valence-electron chi connectivity index (χ3n) is 5.21. The zero-order valence-electron chi connectivity index (χ0n) is 18.4. The number of halogens is 2. The molecule has 1 unspecified atom stereocenters. The van der Waals surface area contributed by atoms with Gasteiger partial charge in [-0.2, -0.15) is 0 Å². The van der Waals surface area contributed by atoms with Crippen LogP contribution in [0.25, 0.3) is 0 Å². The van der Waals surface area contributed by atoms with Crippen molar-refractivity contribution in [2.75, 3.05) is 33.0 Å². The minimum atomic E-state index is -2.60. The summed E-state index contributed by atoms with van der Waals surface area (Å²) in [6.45, 7) is 3.54. The number of ether oxygens (including phenoxy) is 2. The van der Waals surface area contributed by atoms with Gasteiger partial charge in [0.2, 0.25) is 5.88 Å². The molecule has 0 aromatic carbocycles. The molecule has 11 heteroatoms. The van der Waals surface area contributed by atoms with Crippen molar-refractivity contribution in [3.05, 3.63) is 52.5 Å². The number of carbonyl (C=O) groups is 2. The molecular weight excluding hydrogens is 438 g/mol. The number of aryl methyl sites for hydroxylation is 1. The van der Waals surface area contributed by atoms with E-state index in [2.05, 4.69) is 15.3 Å². The van der Waals surface area contributed by atoms with Crippen molar-refractivity contribution in [2.24, 2.45) is 0 Å². The fourth-order valence-corrected chi connectivity index (χ4v) is 3.53. The number of pyridine rings is 2. The van der Waals surface area contributed by atoms with Gasteiger partial charge in [-0.1, -0.05) is 0 Å². The van der Waals surface area contributed by atoms with Crippen LogP contribution in [0.2, 0.25) is 0 Å². The number of alkyl halides is 2. The highest BCUT2D eigenvalue weighted by molar-refractivity contribution is 6.03. The van der Waals surface area contributed by atoms with Crippen molar-refractivity contribution >= 4 is 11.8 Å². The van der Waals surface area contributed by atoms with Crippen LogP contribution in [-0.2, 0) is 11.3 Å². The van der Waals surface area contributed by atoms with Gasteiger partial charge in [-0.15, -0.1) is 0 Å². The van der Waals surface area contributed by atoms with Crippen LogP contribution >= 0.6 is 0 Å². The van der Waals surface area contributed by atoms with Crippen LogP contribution in [-0.4, -0.2) is 71.2 Å². The predicted octanol–water partition coefficient (Wildman–Crippen LogP) is 1.88. The summed E-state index contributed by atoms with van der Waals surface area (Å²) in [5.41, 5.74) is 2.39. The van der Waals surface area contributed by atoms with Crippen LogP contribution < -0.4 is 10.1 Å². The Morgan fingerprint density at radius 2 is 2.12 bits per heavy atom. The van der Waals surface area contributed by atoms with E-state index in [0.717, 1.165) is 0 Å². The molecule has 178 valence electrons. The molecule has 0 bridgehead atoms. The second-order valence-electron chi connectivity index (χ2n) is 7.48. The number of nitrogens with one attached hydrogen (secondary N) is 1.